The highest BCUT2D eigenvalue weighted by atomic mass is 15.1. The summed E-state index contributed by atoms with van der Waals surface area (Å²) in [5.74, 6) is 0. The molecular formula is C31H61N2+. The maximum Gasteiger partial charge on any atom is 0.243 e. The third-order valence-corrected chi connectivity index (χ3v) is 7.47. The largest absolute Gasteiger partial charge is 0.243 e. The average Bonchev–Trinajstić information content (AvgIpc) is 3.30. The van der Waals surface area contributed by atoms with Crippen molar-refractivity contribution in [3.8, 4) is 0 Å². The van der Waals surface area contributed by atoms with E-state index in [-0.39, 0.29) is 0 Å². The molecule has 2 nitrogen and oxygen atoms in total. The van der Waals surface area contributed by atoms with Gasteiger partial charge in [-0.3, -0.25) is 0 Å². The summed E-state index contributed by atoms with van der Waals surface area (Å²) < 4.78 is 4.83. The monoisotopic (exact) mass is 461 g/mol. The molecule has 2 heteroatoms. The lowest BCUT2D eigenvalue weighted by Crippen LogP contribution is -2.35. The van der Waals surface area contributed by atoms with Gasteiger partial charge in [0.25, 0.3) is 0 Å². The van der Waals surface area contributed by atoms with Gasteiger partial charge in [0.05, 0.1) is 12.6 Å². The van der Waals surface area contributed by atoms with Crippen LogP contribution < -0.4 is 4.57 Å². The van der Waals surface area contributed by atoms with Crippen molar-refractivity contribution >= 4 is 0 Å². The van der Waals surface area contributed by atoms with Gasteiger partial charge in [-0.05, 0) is 32.6 Å². The van der Waals surface area contributed by atoms with Gasteiger partial charge in [0, 0.05) is 0 Å². The standard InChI is InChI=1S/C31H61N2/c1-4-6-8-10-12-13-14-15-16-17-18-19-20-22-24-26-31(3)33-29-28-32(30-33)27-25-23-21-11-9-7-5-2/h28-31H,4-27H2,1-3H3/q+1. The summed E-state index contributed by atoms with van der Waals surface area (Å²) in [7, 11) is 0. The van der Waals surface area contributed by atoms with Crippen LogP contribution in [-0.2, 0) is 6.54 Å². The van der Waals surface area contributed by atoms with E-state index in [9.17, 15) is 0 Å². The zero-order valence-corrected chi connectivity index (χ0v) is 23.2. The fourth-order valence-corrected chi connectivity index (χ4v) is 5.02. The van der Waals surface area contributed by atoms with Crippen molar-refractivity contribution in [1.82, 2.24) is 4.57 Å². The maximum atomic E-state index is 2.44. The second-order valence-corrected chi connectivity index (χ2v) is 10.8. The first-order chi connectivity index (χ1) is 16.3. The van der Waals surface area contributed by atoms with E-state index in [1.165, 1.54) is 154 Å². The molecule has 1 unspecified atom stereocenters. The van der Waals surface area contributed by atoms with Crippen LogP contribution in [0.4, 0.5) is 0 Å². The van der Waals surface area contributed by atoms with Crippen LogP contribution in [0.25, 0.3) is 0 Å². The van der Waals surface area contributed by atoms with E-state index < -0.39 is 0 Å². The molecular weight excluding hydrogens is 400 g/mol. The van der Waals surface area contributed by atoms with Crippen molar-refractivity contribution in [2.45, 2.75) is 181 Å². The number of hydrogen-bond acceptors (Lipinski definition) is 0. The summed E-state index contributed by atoms with van der Waals surface area (Å²) in [4.78, 5) is 0. The summed E-state index contributed by atoms with van der Waals surface area (Å²) >= 11 is 0. The lowest BCUT2D eigenvalue weighted by atomic mass is 10.0. The topological polar surface area (TPSA) is 8.81 Å². The fourth-order valence-electron chi connectivity index (χ4n) is 5.02. The first-order valence-corrected chi connectivity index (χ1v) is 15.3. The van der Waals surface area contributed by atoms with Crippen LogP contribution in [0.5, 0.6) is 0 Å². The predicted octanol–water partition coefficient (Wildman–Crippen LogP) is 10.3. The normalized spacial score (nSPS) is 12.5. The van der Waals surface area contributed by atoms with Gasteiger partial charge >= 0.3 is 0 Å². The molecule has 0 amide bonds. The number of nitrogens with zero attached hydrogens (tertiary/aromatic N) is 2. The van der Waals surface area contributed by atoms with E-state index in [4.69, 9.17) is 0 Å². The maximum absolute atomic E-state index is 2.44. The van der Waals surface area contributed by atoms with E-state index in [0.717, 1.165) is 0 Å². The van der Waals surface area contributed by atoms with Crippen LogP contribution in [-0.4, -0.2) is 4.57 Å². The van der Waals surface area contributed by atoms with E-state index in [1.54, 1.807) is 0 Å². The van der Waals surface area contributed by atoms with Gasteiger partial charge in [-0.2, -0.15) is 0 Å². The van der Waals surface area contributed by atoms with Gasteiger partial charge in [-0.1, -0.05) is 136 Å². The Morgan fingerprint density at radius 3 is 1.39 bits per heavy atom. The quantitative estimate of drug-likeness (QED) is 0.101. The minimum Gasteiger partial charge on any atom is -0.237 e. The zero-order valence-electron chi connectivity index (χ0n) is 23.2. The lowest BCUT2D eigenvalue weighted by Gasteiger charge is -2.08. The second kappa shape index (κ2) is 23.0. The molecule has 1 heterocycles. The summed E-state index contributed by atoms with van der Waals surface area (Å²) in [5, 5.41) is 0. The van der Waals surface area contributed by atoms with Crippen LogP contribution in [0.2, 0.25) is 0 Å². The van der Waals surface area contributed by atoms with E-state index in [2.05, 4.69) is 48.6 Å². The molecule has 194 valence electrons. The highest BCUT2D eigenvalue weighted by Gasteiger charge is 2.11. The second-order valence-electron chi connectivity index (χ2n) is 10.8. The molecule has 0 N–H and O–H groups in total. The molecule has 0 saturated heterocycles. The Morgan fingerprint density at radius 1 is 0.545 bits per heavy atom. The minimum absolute atomic E-state index is 0.641. The Bertz CT molecular complexity index is 507. The van der Waals surface area contributed by atoms with Crippen LogP contribution in [0.3, 0.4) is 0 Å². The van der Waals surface area contributed by atoms with Gasteiger partial charge in [-0.15, -0.1) is 0 Å². The molecule has 0 aliphatic rings. The molecule has 0 aliphatic carbocycles. The molecule has 0 bridgehead atoms. The smallest absolute Gasteiger partial charge is 0.237 e. The number of aryl methyl sites for hydroxylation is 1. The van der Waals surface area contributed by atoms with E-state index >= 15 is 0 Å². The predicted molar refractivity (Wildman–Crippen MR) is 147 cm³/mol. The molecule has 33 heavy (non-hydrogen) atoms. The summed E-state index contributed by atoms with van der Waals surface area (Å²) in [6.07, 6.45) is 39.7. The van der Waals surface area contributed by atoms with E-state index in [0.29, 0.717) is 6.04 Å². The summed E-state index contributed by atoms with van der Waals surface area (Å²) in [5.41, 5.74) is 0. The first-order valence-electron chi connectivity index (χ1n) is 15.3. The molecule has 0 fully saturated rings. The van der Waals surface area contributed by atoms with Gasteiger partial charge < -0.3 is 0 Å². The van der Waals surface area contributed by atoms with Crippen molar-refractivity contribution in [3.05, 3.63) is 18.7 Å². The molecule has 1 aromatic heterocycles. The summed E-state index contributed by atoms with van der Waals surface area (Å²) in [6, 6.07) is 0.641. The van der Waals surface area contributed by atoms with Crippen LogP contribution >= 0.6 is 0 Å². The Kier molecular flexibility index (Phi) is 21.1. The Labute approximate surface area is 208 Å². The van der Waals surface area contributed by atoms with Crippen molar-refractivity contribution < 1.29 is 4.57 Å². The molecule has 0 saturated carbocycles. The van der Waals surface area contributed by atoms with Crippen LogP contribution in [0.15, 0.2) is 18.7 Å². The van der Waals surface area contributed by atoms with Crippen molar-refractivity contribution in [3.63, 3.8) is 0 Å². The molecule has 1 rings (SSSR count). The Hall–Kier alpha value is -0.790. The van der Waals surface area contributed by atoms with Crippen LogP contribution in [0, 0.1) is 0 Å². The van der Waals surface area contributed by atoms with Gasteiger partial charge in [0.15, 0.2) is 0 Å². The van der Waals surface area contributed by atoms with E-state index in [1.807, 2.05) is 0 Å². The van der Waals surface area contributed by atoms with Crippen molar-refractivity contribution in [2.24, 2.45) is 0 Å². The number of imidazole rings is 1. The highest BCUT2D eigenvalue weighted by Crippen LogP contribution is 2.15. The summed E-state index contributed by atoms with van der Waals surface area (Å²) in [6.45, 7) is 8.17. The minimum atomic E-state index is 0.641. The molecule has 0 spiro atoms. The van der Waals surface area contributed by atoms with Crippen LogP contribution in [0.1, 0.15) is 174 Å². The number of hydrogen-bond donors (Lipinski definition) is 0. The van der Waals surface area contributed by atoms with Gasteiger partial charge in [0.2, 0.25) is 6.33 Å². The molecule has 1 aromatic rings. The third-order valence-electron chi connectivity index (χ3n) is 7.47. The highest BCUT2D eigenvalue weighted by molar-refractivity contribution is 4.67. The lowest BCUT2D eigenvalue weighted by molar-refractivity contribution is -0.720. The number of unbranched alkanes of at least 4 members (excludes halogenated alkanes) is 20. The third kappa shape index (κ3) is 18.2. The van der Waals surface area contributed by atoms with Gasteiger partial charge in [0.1, 0.15) is 12.4 Å². The SMILES string of the molecule is CCCCCCCCCCCCCCCCCC(C)[n+]1ccn(CCCCCCCCC)c1. The van der Waals surface area contributed by atoms with Crippen molar-refractivity contribution in [1.29, 1.82) is 0 Å². The van der Waals surface area contributed by atoms with Gasteiger partial charge in [-0.25, -0.2) is 9.13 Å². The molecule has 0 radical (unpaired) electrons. The zero-order chi connectivity index (χ0) is 23.8. The average molecular weight is 462 g/mol. The number of rotatable bonds is 25. The number of aromatic nitrogens is 2. The Balaban J connectivity index is 1.89. The molecule has 1 atom stereocenters. The fraction of sp³-hybridized carbons (Fsp3) is 0.903. The molecule has 0 aromatic carbocycles. The van der Waals surface area contributed by atoms with Crippen molar-refractivity contribution in [2.75, 3.05) is 0 Å². The molecule has 0 aliphatic heterocycles. The Morgan fingerprint density at radius 2 is 0.939 bits per heavy atom. The first kappa shape index (κ1) is 30.2.